The molecule has 17 rings (SSSR count). The fourth-order valence-corrected chi connectivity index (χ4v) is 18.0. The largest absolute Gasteiger partial charge is 1.00 e. The van der Waals surface area contributed by atoms with Gasteiger partial charge in [-0.1, -0.05) is 80.4 Å². The summed E-state index contributed by atoms with van der Waals surface area (Å²) in [4.78, 5) is 80.5. The number of nitrogens with one attached hydrogen (secondary N) is 3. The number of alkyl halides is 12. The Labute approximate surface area is 917 Å². The van der Waals surface area contributed by atoms with Gasteiger partial charge >= 0.3 is 139 Å². The summed E-state index contributed by atoms with van der Waals surface area (Å²) in [6, 6.07) is 32.0. The van der Waals surface area contributed by atoms with Gasteiger partial charge in [0.2, 0.25) is 23.5 Å². The third-order valence-corrected chi connectivity index (χ3v) is 25.5. The number of anilines is 2. The zero-order chi connectivity index (χ0) is 99.5. The fraction of sp³-hybridized carbons (Fsp3) is 0.430. The second-order valence-corrected chi connectivity index (χ2v) is 39.1. The molecule has 0 radical (unpaired) electrons. The van der Waals surface area contributed by atoms with Gasteiger partial charge in [-0.05, 0) is 184 Å². The number of benzene rings is 2. The molecule has 5 N–H and O–H groups in total. The Morgan fingerprint density at radius 3 is 0.922 bits per heavy atom. The Bertz CT molecular complexity index is 5900. The molecule has 2 aromatic carbocycles. The Hall–Kier alpha value is -8.09. The van der Waals surface area contributed by atoms with Crippen LogP contribution < -0.4 is 152 Å². The average molecular weight is 2180 g/mol. The van der Waals surface area contributed by atoms with Gasteiger partial charge in [0, 0.05) is 78.8 Å². The van der Waals surface area contributed by atoms with Crippen LogP contribution in [0.3, 0.4) is 0 Å². The first-order valence-electron chi connectivity index (χ1n) is 41.8. The Morgan fingerprint density at radius 1 is 0.447 bits per heavy atom. The van der Waals surface area contributed by atoms with E-state index in [-0.39, 0.29) is 277 Å². The van der Waals surface area contributed by atoms with Crippen LogP contribution in [0.1, 0.15) is 150 Å². The first-order chi connectivity index (χ1) is 63.5. The van der Waals surface area contributed by atoms with Crippen molar-refractivity contribution in [3.05, 3.63) is 191 Å². The molecule has 11 atom stereocenters. The van der Waals surface area contributed by atoms with E-state index in [1.165, 1.54) is 154 Å². The molecule has 758 valence electrons. The number of halogens is 14. The molecule has 10 aromatic rings. The van der Waals surface area contributed by atoms with Crippen molar-refractivity contribution >= 4 is 126 Å². The minimum absolute atomic E-state index is 0. The molecule has 8 aromatic heterocycles. The van der Waals surface area contributed by atoms with Crippen molar-refractivity contribution in [3.63, 3.8) is 0 Å². The van der Waals surface area contributed by atoms with Crippen LogP contribution in [0.15, 0.2) is 168 Å². The SMILES string of the molecule is C[C@@H]1CN(c2nc(-n3ccc(O[C@@H]4C[C@@H]4C(F)(F)F)n3)ccc2C(=O)NS(=O)(=O)c2ccccc2)C(C)(C)C1.C[C@@H]1CN(c2nc(-n3ccc(O[C@H]4C[C@H]4C(F)(F)F)n3)ccc2C(=O)NS(=O)(=O)c2ccccc2)C(C)(C)C1.C[C@@H]1CNC(C)(C)C1.O=C(O)c1ccc(-n2ccc(O[C@@H]3C[C@@H]3C(F)(F)F)n2)nc1Cl.O=C(O)c1ccc(-n2ccc(O[C@H]3C[C@H]3C(F)(F)F)n2)nc1Cl.O=CO[O-].S.S.S.[H-].[K+].[K+]. The second-order valence-electron chi connectivity index (χ2n) is 35.0. The topological polar surface area (TPSA) is 429 Å². The molecule has 11 heterocycles. The summed E-state index contributed by atoms with van der Waals surface area (Å²) in [5, 5.41) is 45.5. The fourth-order valence-electron chi connectivity index (χ4n) is 15.6. The van der Waals surface area contributed by atoms with Crippen molar-refractivity contribution in [2.24, 2.45) is 41.4 Å². The van der Waals surface area contributed by atoms with Crippen LogP contribution >= 0.6 is 63.7 Å². The monoisotopic (exact) mass is 2180 g/mol. The summed E-state index contributed by atoms with van der Waals surface area (Å²) in [6.07, 6.45) is -12.5. The van der Waals surface area contributed by atoms with Crippen molar-refractivity contribution in [2.45, 2.75) is 183 Å². The number of aromatic carboxylic acids is 2. The van der Waals surface area contributed by atoms with Crippen molar-refractivity contribution < 1.29 is 237 Å². The first kappa shape index (κ1) is 120. The van der Waals surface area contributed by atoms with Crippen molar-refractivity contribution in [2.75, 3.05) is 29.4 Å². The van der Waals surface area contributed by atoms with Gasteiger partial charge in [-0.2, -0.15) is 93.2 Å². The number of carboxylic acids is 2. The molecule has 55 heteroatoms. The average Bonchev–Trinajstić information content (AvgIpc) is 1.61. The van der Waals surface area contributed by atoms with E-state index in [1.807, 2.05) is 37.5 Å². The molecule has 4 saturated carbocycles. The minimum Gasteiger partial charge on any atom is -1.00 e. The number of hydrogen-bond acceptors (Lipinski definition) is 26. The van der Waals surface area contributed by atoms with E-state index < -0.39 is 117 Å². The van der Waals surface area contributed by atoms with E-state index in [4.69, 9.17) is 62.4 Å². The van der Waals surface area contributed by atoms with Crippen LogP contribution in [0.25, 0.3) is 23.3 Å². The summed E-state index contributed by atoms with van der Waals surface area (Å²) in [5.41, 5.74) is -0.537. The van der Waals surface area contributed by atoms with Gasteiger partial charge in [-0.3, -0.25) is 14.4 Å². The number of nitrogens with zero attached hydrogens (tertiary/aromatic N) is 14. The van der Waals surface area contributed by atoms with Gasteiger partial charge < -0.3 is 55.8 Å². The molecule has 4 aliphatic carbocycles. The van der Waals surface area contributed by atoms with Crippen molar-refractivity contribution in [1.29, 1.82) is 0 Å². The Kier molecular flexibility index (Phi) is 41.2. The Balaban J connectivity index is 0.000000281. The van der Waals surface area contributed by atoms with Crippen LogP contribution in [0.4, 0.5) is 64.3 Å². The third-order valence-electron chi connectivity index (χ3n) is 22.3. The first-order valence-corrected chi connectivity index (χ1v) is 45.5. The van der Waals surface area contributed by atoms with E-state index in [2.05, 4.69) is 94.6 Å². The number of aromatic nitrogens is 12. The van der Waals surface area contributed by atoms with Gasteiger partial charge in [0.05, 0.1) is 55.7 Å². The molecule has 3 saturated heterocycles. The smallest absolute Gasteiger partial charge is 1.00 e. The maximum Gasteiger partial charge on any atom is 1.00 e. The van der Waals surface area contributed by atoms with Crippen molar-refractivity contribution in [1.82, 2.24) is 73.8 Å². The molecule has 2 amide bonds. The number of pyridine rings is 4. The van der Waals surface area contributed by atoms with E-state index in [1.54, 1.807) is 36.4 Å². The molecule has 0 spiro atoms. The molecular formula is C86H97Cl2F12K2N17O17S5. The molecule has 0 bridgehead atoms. The van der Waals surface area contributed by atoms with Crippen LogP contribution in [-0.2, 0) is 29.7 Å². The number of carboxylic acid groups (broad SMARTS) is 2. The second kappa shape index (κ2) is 48.5. The standard InChI is InChI=1S/2C26H28F3N5O4S.2C13H9ClF3N3O3.C7H15N.CH2O3.2K.3H2S.H/c2*1-16-14-25(2,3)33(15-16)23-18(24(35)32-39(36,37)17-7-5-4-6-8-17)9-10-21(30-23)34-12-11-22(31-34)38-20-13-19(20)26(27,28)29;2*14-11-6(12(21)22)1-2-9(18-11)20-4-3-10(19-20)23-8-5-7(8)13(15,16)17;1-6-4-7(2,3)8-5-6;2-1-4-3;;;;;;/h2*4-12,16,19-20H,13-15H2,1-3H3,(H,32,35);2*1-4,7-8H,5H2,(H,21,22);6,8H,4-5H2,1-3H3;1,3H;;;3*1H2;/q;;;;;;2*+1;;;;-1/p-1/t16-,19+,20-;16-,19-,20+;2*7-,8+;6-;;;;;;;/m00100......./s1. The Morgan fingerprint density at radius 2 is 0.716 bits per heavy atom. The van der Waals surface area contributed by atoms with E-state index in [0.29, 0.717) is 42.1 Å². The molecule has 0 unspecified atom stereocenters. The number of ether oxygens (including phenoxy) is 4. The van der Waals surface area contributed by atoms with Crippen LogP contribution in [-0.4, -0.2) is 202 Å². The predicted molar refractivity (Wildman–Crippen MR) is 492 cm³/mol. The summed E-state index contributed by atoms with van der Waals surface area (Å²) < 4.78 is 234. The summed E-state index contributed by atoms with van der Waals surface area (Å²) in [5.74, 6) is -6.87. The molecule has 3 aliphatic heterocycles. The van der Waals surface area contributed by atoms with Crippen molar-refractivity contribution in [3.8, 4) is 46.8 Å². The number of rotatable bonds is 23. The maximum atomic E-state index is 13.3. The number of carbonyl (C=O) groups is 5. The van der Waals surface area contributed by atoms with Gasteiger partial charge in [0.1, 0.15) is 46.4 Å². The van der Waals surface area contributed by atoms with Crippen LogP contribution in [0.2, 0.25) is 10.3 Å². The van der Waals surface area contributed by atoms with Gasteiger partial charge in [0.25, 0.3) is 38.3 Å². The summed E-state index contributed by atoms with van der Waals surface area (Å²) in [7, 11) is -8.25. The van der Waals surface area contributed by atoms with Gasteiger partial charge in [-0.15, -0.1) is 20.4 Å². The molecular weight excluding hydrogens is 2080 g/mol. The van der Waals surface area contributed by atoms with E-state index >= 15 is 0 Å². The molecule has 7 fully saturated rings. The number of hydrogen-bond donors (Lipinski definition) is 5. The minimum atomic E-state index is -4.31. The number of sulfonamides is 2. The van der Waals surface area contributed by atoms with Gasteiger partial charge in [0.15, 0.2) is 23.3 Å². The third kappa shape index (κ3) is 32.0. The summed E-state index contributed by atoms with van der Waals surface area (Å²) in [6.45, 7) is 21.2. The molecule has 34 nitrogen and oxygen atoms in total. The maximum absolute atomic E-state index is 13.3. The predicted octanol–water partition coefficient (Wildman–Crippen LogP) is 8.87. The normalized spacial score (nSPS) is 21.3. The molecule has 7 aliphatic rings. The number of amides is 2. The summed E-state index contributed by atoms with van der Waals surface area (Å²) >= 11 is 11.5. The molecule has 141 heavy (non-hydrogen) atoms. The van der Waals surface area contributed by atoms with E-state index in [9.17, 15) is 88.7 Å². The van der Waals surface area contributed by atoms with E-state index in [0.717, 1.165) is 18.8 Å². The zero-order valence-corrected chi connectivity index (χ0v) is 89.3. The number of carbonyl (C=O) groups excluding carboxylic acids is 3. The van der Waals surface area contributed by atoms with Crippen LogP contribution in [0.5, 0.6) is 23.5 Å². The zero-order valence-electron chi connectivity index (χ0n) is 77.9. The van der Waals surface area contributed by atoms with Gasteiger partial charge in [-0.25, -0.2) is 74.5 Å². The van der Waals surface area contributed by atoms with Crippen LogP contribution in [0, 0.1) is 41.4 Å². The quantitative estimate of drug-likeness (QED) is 0.00996.